The number of nitrogens with zero attached hydrogens (tertiary/aromatic N) is 2. The summed E-state index contributed by atoms with van der Waals surface area (Å²) >= 11 is 1.24. The number of carbonyl (C=O) groups is 2. The number of halogens is 1. The molecule has 37 heavy (non-hydrogen) atoms. The van der Waals surface area contributed by atoms with E-state index in [9.17, 15) is 14.9 Å². The molecule has 2 bridgehead atoms. The Labute approximate surface area is 221 Å². The van der Waals surface area contributed by atoms with Crippen molar-refractivity contribution >= 4 is 23.2 Å². The van der Waals surface area contributed by atoms with Crippen molar-refractivity contribution in [3.8, 4) is 17.2 Å². The Hall–Kier alpha value is -2.80. The Bertz CT molecular complexity index is 1180. The highest BCUT2D eigenvalue weighted by Crippen LogP contribution is 2.42. The van der Waals surface area contributed by atoms with Gasteiger partial charge in [0.25, 0.3) is 0 Å². The Balaban J connectivity index is 1.41. The van der Waals surface area contributed by atoms with Gasteiger partial charge in [-0.2, -0.15) is 5.26 Å². The molecule has 2 heterocycles. The summed E-state index contributed by atoms with van der Waals surface area (Å²) in [6, 6.07) is 7.71. The Kier molecular flexibility index (Phi) is 8.32. The molecule has 198 valence electrons. The molecule has 2 aromatic rings. The zero-order chi connectivity index (χ0) is 26.7. The monoisotopic (exact) mass is 527 g/mol. The van der Waals surface area contributed by atoms with E-state index in [2.05, 4.69) is 16.3 Å². The molecule has 4 atom stereocenters. The van der Waals surface area contributed by atoms with Crippen molar-refractivity contribution in [2.75, 3.05) is 13.3 Å². The van der Waals surface area contributed by atoms with Crippen molar-refractivity contribution in [1.29, 1.82) is 5.26 Å². The first kappa shape index (κ1) is 27.2. The molecule has 7 nitrogen and oxygen atoms in total. The van der Waals surface area contributed by atoms with Crippen molar-refractivity contribution < 1.29 is 23.5 Å². The molecule has 1 saturated carbocycles. The Morgan fingerprint density at radius 1 is 1.27 bits per heavy atom. The van der Waals surface area contributed by atoms with Crippen molar-refractivity contribution in [2.45, 2.75) is 77.1 Å². The highest BCUT2D eigenvalue weighted by Gasteiger charge is 2.49. The highest BCUT2D eigenvalue weighted by atomic mass is 32.1. The van der Waals surface area contributed by atoms with Crippen LogP contribution in [0.4, 0.5) is 4.39 Å². The van der Waals surface area contributed by atoms with Crippen LogP contribution in [-0.2, 0) is 20.7 Å². The number of fused-ring (bicyclic) bond motifs is 2. The number of amides is 1. The molecule has 1 aliphatic heterocycles. The molecule has 0 spiro atoms. The summed E-state index contributed by atoms with van der Waals surface area (Å²) in [5, 5.41) is 14.4. The minimum absolute atomic E-state index is 0.0609. The minimum atomic E-state index is -0.853. The number of hydrogen-bond donors (Lipinski definition) is 1. The number of thiophene rings is 1. The summed E-state index contributed by atoms with van der Waals surface area (Å²) in [5.41, 5.74) is 1.38. The van der Waals surface area contributed by atoms with Crippen molar-refractivity contribution in [1.82, 2.24) is 10.2 Å². The number of ether oxygens (including phenoxy) is 2. The van der Waals surface area contributed by atoms with Gasteiger partial charge in [-0.1, -0.05) is 12.1 Å². The lowest BCUT2D eigenvalue weighted by molar-refractivity contribution is -0.136. The zero-order valence-corrected chi connectivity index (χ0v) is 22.6. The van der Waals surface area contributed by atoms with Crippen LogP contribution in [-0.4, -0.2) is 53.8 Å². The maximum absolute atomic E-state index is 15.0. The van der Waals surface area contributed by atoms with Gasteiger partial charge >= 0.3 is 5.97 Å². The molecule has 1 N–H and O–H groups in total. The van der Waals surface area contributed by atoms with Gasteiger partial charge in [0.15, 0.2) is 0 Å². The quantitative estimate of drug-likeness (QED) is 0.466. The molecule has 0 radical (unpaired) electrons. The van der Waals surface area contributed by atoms with Crippen LogP contribution in [0.5, 0.6) is 0 Å². The van der Waals surface area contributed by atoms with Crippen LogP contribution in [0.3, 0.4) is 0 Å². The van der Waals surface area contributed by atoms with Crippen LogP contribution >= 0.6 is 11.3 Å². The van der Waals surface area contributed by atoms with Crippen LogP contribution in [0.25, 0.3) is 11.1 Å². The smallest absolute Gasteiger partial charge is 0.348 e. The van der Waals surface area contributed by atoms with Gasteiger partial charge in [-0.15, -0.1) is 11.3 Å². The largest absolute Gasteiger partial charge is 0.462 e. The number of esters is 1. The van der Waals surface area contributed by atoms with Crippen LogP contribution in [0, 0.1) is 23.1 Å². The molecule has 1 aromatic carbocycles. The van der Waals surface area contributed by atoms with E-state index in [1.54, 1.807) is 30.5 Å². The van der Waals surface area contributed by atoms with Crippen LogP contribution in [0.15, 0.2) is 29.6 Å². The van der Waals surface area contributed by atoms with Gasteiger partial charge in [-0.05, 0) is 87.1 Å². The van der Waals surface area contributed by atoms with Crippen molar-refractivity contribution in [2.24, 2.45) is 5.92 Å². The summed E-state index contributed by atoms with van der Waals surface area (Å²) in [7, 11) is 0. The second-order valence-electron chi connectivity index (χ2n) is 10.7. The molecule has 9 heteroatoms. The first-order chi connectivity index (χ1) is 17.6. The minimum Gasteiger partial charge on any atom is -0.462 e. The fourth-order valence-electron chi connectivity index (χ4n) is 5.19. The van der Waals surface area contributed by atoms with Crippen LogP contribution in [0.2, 0.25) is 0 Å². The zero-order valence-electron chi connectivity index (χ0n) is 21.8. The second-order valence-corrected chi connectivity index (χ2v) is 11.6. The number of carbonyl (C=O) groups excluding carboxylic acids is 2. The number of likely N-dealkylation sites (tertiary alicyclic amines) is 1. The fraction of sp³-hybridized carbons (Fsp3) is 0.536. The summed E-state index contributed by atoms with van der Waals surface area (Å²) in [6.45, 7) is 8.36. The molecule has 2 aliphatic rings. The average Bonchev–Trinajstić information content (AvgIpc) is 3.59. The normalized spacial score (nSPS) is 22.0. The maximum atomic E-state index is 15.0. The van der Waals surface area contributed by atoms with Gasteiger partial charge in [-0.25, -0.2) is 9.18 Å². The Morgan fingerprint density at radius 3 is 2.73 bits per heavy atom. The van der Waals surface area contributed by atoms with E-state index < -0.39 is 17.8 Å². The molecular weight excluding hydrogens is 493 g/mol. The number of nitrogens with one attached hydrogen (secondary N) is 1. The molecule has 2 fully saturated rings. The van der Waals surface area contributed by atoms with E-state index in [0.717, 1.165) is 24.8 Å². The van der Waals surface area contributed by atoms with Crippen molar-refractivity contribution in [3.05, 3.63) is 45.9 Å². The Morgan fingerprint density at radius 2 is 2.05 bits per heavy atom. The third kappa shape index (κ3) is 6.38. The molecule has 1 aliphatic carbocycles. The van der Waals surface area contributed by atoms with Crippen LogP contribution < -0.4 is 5.32 Å². The lowest BCUT2D eigenvalue weighted by atomic mass is 9.97. The summed E-state index contributed by atoms with van der Waals surface area (Å²) in [5.74, 6) is -0.814. The molecular formula is C28H34FN3O4S. The van der Waals surface area contributed by atoms with E-state index in [1.165, 1.54) is 17.4 Å². The number of piperidine rings is 1. The van der Waals surface area contributed by atoms with E-state index >= 15 is 4.39 Å². The van der Waals surface area contributed by atoms with Gasteiger partial charge < -0.3 is 14.8 Å². The average molecular weight is 528 g/mol. The number of hydrogen-bond acceptors (Lipinski definition) is 7. The number of rotatable bonds is 9. The van der Waals surface area contributed by atoms with Crippen LogP contribution in [0.1, 0.15) is 62.2 Å². The van der Waals surface area contributed by atoms with E-state index in [-0.39, 0.29) is 36.5 Å². The number of nitriles is 1. The molecule has 4 rings (SSSR count). The third-order valence-electron chi connectivity index (χ3n) is 6.99. The predicted molar refractivity (Wildman–Crippen MR) is 139 cm³/mol. The van der Waals surface area contributed by atoms with E-state index in [0.29, 0.717) is 28.8 Å². The van der Waals surface area contributed by atoms with Gasteiger partial charge in [0, 0.05) is 12.5 Å². The van der Waals surface area contributed by atoms with Gasteiger partial charge in [0.05, 0.1) is 24.3 Å². The number of benzene rings is 1. The summed E-state index contributed by atoms with van der Waals surface area (Å²) < 4.78 is 26.0. The van der Waals surface area contributed by atoms with Gasteiger partial charge in [0.1, 0.15) is 23.5 Å². The van der Waals surface area contributed by atoms with Gasteiger partial charge in [0.2, 0.25) is 5.91 Å². The van der Waals surface area contributed by atoms with E-state index in [4.69, 9.17) is 9.47 Å². The van der Waals surface area contributed by atoms with Crippen molar-refractivity contribution in [3.63, 3.8) is 0 Å². The first-order valence-corrected chi connectivity index (χ1v) is 13.6. The summed E-state index contributed by atoms with van der Waals surface area (Å²) in [6.07, 6.45) is 3.06. The van der Waals surface area contributed by atoms with Gasteiger partial charge in [-0.3, -0.25) is 9.69 Å². The van der Waals surface area contributed by atoms with E-state index in [1.807, 2.05) is 20.8 Å². The highest BCUT2D eigenvalue weighted by molar-refractivity contribution is 7.12. The third-order valence-corrected chi connectivity index (χ3v) is 7.90. The topological polar surface area (TPSA) is 91.7 Å². The lowest BCUT2D eigenvalue weighted by Gasteiger charge is -2.36. The lowest BCUT2D eigenvalue weighted by Crippen LogP contribution is -2.53. The second kappa shape index (κ2) is 11.3. The fourth-order valence-corrected chi connectivity index (χ4v) is 6.00. The predicted octanol–water partition coefficient (Wildman–Crippen LogP) is 4.91. The first-order valence-electron chi connectivity index (χ1n) is 12.7. The maximum Gasteiger partial charge on any atom is 0.348 e. The molecule has 1 aromatic heterocycles. The molecule has 0 unspecified atom stereocenters. The SMILES string of the molecule is CCOC(=O)c1cc(-c2ccc(C[C@@H](C#N)NC(=O)[C@@H]3[C@H]4CC[C@H](C4)N3COC(C)(C)C)c(F)c2)cs1. The summed E-state index contributed by atoms with van der Waals surface area (Å²) in [4.78, 5) is 27.8. The standard InChI is InChI=1S/C28H34FN3O4S/c1-5-35-27(34)24-13-20(15-37-24)17-6-7-18(23(29)12-17)10-21(14-30)31-26(33)25-19-8-9-22(11-19)32(25)16-36-28(2,3)4/h6-7,12-13,15,19,21-22,25H,5,8-11,16H2,1-4H3,(H,31,33)/t19-,21-,22+,25-/m0/s1. The molecule has 1 saturated heterocycles. The molecule has 1 amide bonds.